The highest BCUT2D eigenvalue weighted by atomic mass is 16.5. The highest BCUT2D eigenvalue weighted by Crippen LogP contribution is 2.43. The van der Waals surface area contributed by atoms with Crippen LogP contribution in [0.3, 0.4) is 0 Å². The molecule has 0 aliphatic heterocycles. The third kappa shape index (κ3) is 7.43. The van der Waals surface area contributed by atoms with Gasteiger partial charge in [0, 0.05) is 62.9 Å². The Morgan fingerprint density at radius 1 is 0.380 bits per heavy atom. The van der Waals surface area contributed by atoms with E-state index in [4.69, 9.17) is 24.7 Å². The van der Waals surface area contributed by atoms with E-state index < -0.39 is 0 Å². The molecule has 0 amide bonds. The fourth-order valence-corrected chi connectivity index (χ4v) is 9.69. The Hall–Kier alpha value is -9.93. The van der Waals surface area contributed by atoms with Gasteiger partial charge in [-0.05, 0) is 120 Å². The van der Waals surface area contributed by atoms with E-state index in [2.05, 4.69) is 117 Å². The van der Waals surface area contributed by atoms with Gasteiger partial charge in [-0.15, -0.1) is 0 Å². The van der Waals surface area contributed by atoms with Crippen LogP contribution in [0, 0.1) is 0 Å². The maximum atomic E-state index is 6.72. The third-order valence-electron chi connectivity index (χ3n) is 12.8. The maximum Gasteiger partial charge on any atom is 0.328 e. The van der Waals surface area contributed by atoms with E-state index in [1.165, 1.54) is 21.5 Å². The quantitative estimate of drug-likeness (QED) is 0.127. The van der Waals surface area contributed by atoms with Crippen LogP contribution in [0.4, 0.5) is 34.8 Å². The van der Waals surface area contributed by atoms with Crippen molar-refractivity contribution >= 4 is 78.4 Å². The molecule has 8 aromatic carbocycles. The number of anilines is 6. The van der Waals surface area contributed by atoms with Crippen LogP contribution in [-0.4, -0.2) is 34.1 Å². The lowest BCUT2D eigenvalue weighted by Crippen LogP contribution is -2.19. The molecule has 0 spiro atoms. The van der Waals surface area contributed by atoms with E-state index >= 15 is 0 Å². The number of nitrogens with zero attached hydrogens (tertiary/aromatic N) is 9. The molecule has 0 N–H and O–H groups in total. The number of aromatic nitrogens is 7. The average molecular weight is 916 g/mol. The van der Waals surface area contributed by atoms with Crippen molar-refractivity contribution < 1.29 is 4.74 Å². The molecule has 5 aromatic heterocycles. The lowest BCUT2D eigenvalue weighted by atomic mass is 10.1. The van der Waals surface area contributed by atoms with Gasteiger partial charge in [0.15, 0.2) is 0 Å². The Morgan fingerprint density at radius 2 is 0.958 bits per heavy atom. The highest BCUT2D eigenvalue weighted by molar-refractivity contribution is 6.26. The number of para-hydroxylation sites is 5. The van der Waals surface area contributed by atoms with Crippen molar-refractivity contribution in [2.75, 3.05) is 9.80 Å². The molecule has 0 unspecified atom stereocenters. The monoisotopic (exact) mass is 915 g/mol. The lowest BCUT2D eigenvalue weighted by molar-refractivity contribution is 0.440. The van der Waals surface area contributed by atoms with Crippen molar-refractivity contribution in [1.29, 1.82) is 0 Å². The Kier molecular flexibility index (Phi) is 10.2. The number of ether oxygens (including phenoxy) is 1. The van der Waals surface area contributed by atoms with E-state index in [0.717, 1.165) is 61.6 Å². The first-order valence-electron chi connectivity index (χ1n) is 23.4. The molecule has 71 heavy (non-hydrogen) atoms. The van der Waals surface area contributed by atoms with Gasteiger partial charge in [0.05, 0.1) is 27.8 Å². The van der Waals surface area contributed by atoms with Gasteiger partial charge < -0.3 is 13.9 Å². The third-order valence-corrected chi connectivity index (χ3v) is 12.8. The molecule has 10 nitrogen and oxygen atoms in total. The maximum absolute atomic E-state index is 6.72. The minimum atomic E-state index is 0.117. The second-order valence-electron chi connectivity index (χ2n) is 17.0. The zero-order valence-corrected chi connectivity index (χ0v) is 38.1. The van der Waals surface area contributed by atoms with Crippen molar-refractivity contribution in [2.24, 2.45) is 0 Å². The van der Waals surface area contributed by atoms with Gasteiger partial charge in [-0.1, -0.05) is 121 Å². The highest BCUT2D eigenvalue weighted by Gasteiger charge is 2.25. The zero-order valence-electron chi connectivity index (χ0n) is 38.1. The van der Waals surface area contributed by atoms with Gasteiger partial charge in [-0.2, -0.15) is 15.0 Å². The van der Waals surface area contributed by atoms with E-state index in [1.807, 2.05) is 143 Å². The molecule has 5 heterocycles. The minimum Gasteiger partial charge on any atom is -0.424 e. The summed E-state index contributed by atoms with van der Waals surface area (Å²) in [5.74, 6) is 1.90. The van der Waals surface area contributed by atoms with E-state index in [9.17, 15) is 0 Å². The van der Waals surface area contributed by atoms with Crippen molar-refractivity contribution in [3.63, 3.8) is 0 Å². The van der Waals surface area contributed by atoms with Crippen molar-refractivity contribution in [2.45, 2.75) is 0 Å². The second kappa shape index (κ2) is 17.6. The van der Waals surface area contributed by atoms with Crippen LogP contribution in [0.1, 0.15) is 0 Å². The SMILES string of the molecule is c1ccc(N(c2ccccc2)c2nc(Oc3ccc(-n4c5ccccc5c5ccc6c(c7ccccc7n6-c6ccc(-c7cccnc7)cc6)c54)cc3)nc(N(c3ccccc3)c3ccccn3)n2)cc1. The molecule has 0 radical (unpaired) electrons. The van der Waals surface area contributed by atoms with Crippen molar-refractivity contribution in [3.05, 3.63) is 249 Å². The number of hydrogen-bond acceptors (Lipinski definition) is 8. The fourth-order valence-electron chi connectivity index (χ4n) is 9.69. The van der Waals surface area contributed by atoms with Crippen molar-refractivity contribution in [1.82, 2.24) is 34.1 Å². The molecule has 0 aliphatic rings. The first-order chi connectivity index (χ1) is 35.2. The van der Waals surface area contributed by atoms with Crippen LogP contribution in [0.15, 0.2) is 249 Å². The first-order valence-corrected chi connectivity index (χ1v) is 23.4. The molecule has 13 aromatic rings. The van der Waals surface area contributed by atoms with E-state index in [0.29, 0.717) is 23.5 Å². The molecule has 0 atom stereocenters. The molecule has 336 valence electrons. The Bertz CT molecular complexity index is 3820. The summed E-state index contributed by atoms with van der Waals surface area (Å²) < 4.78 is 11.5. The summed E-state index contributed by atoms with van der Waals surface area (Å²) in [6, 6.07) is 78.8. The van der Waals surface area contributed by atoms with E-state index in [-0.39, 0.29) is 6.01 Å². The van der Waals surface area contributed by atoms with E-state index in [1.54, 1.807) is 12.4 Å². The molecular formula is C61H41N9O. The average Bonchev–Trinajstić information content (AvgIpc) is 3.96. The van der Waals surface area contributed by atoms with Gasteiger partial charge >= 0.3 is 6.01 Å². The van der Waals surface area contributed by atoms with Gasteiger partial charge in [-0.3, -0.25) is 14.8 Å². The number of benzene rings is 8. The molecule has 13 rings (SSSR count). The Balaban J connectivity index is 0.946. The van der Waals surface area contributed by atoms with Crippen molar-refractivity contribution in [3.8, 4) is 34.3 Å². The van der Waals surface area contributed by atoms with Crippen LogP contribution in [0.2, 0.25) is 0 Å². The molecule has 0 aliphatic carbocycles. The van der Waals surface area contributed by atoms with Crippen LogP contribution in [0.5, 0.6) is 11.8 Å². The Labute approximate surface area is 408 Å². The molecule has 0 saturated heterocycles. The molecule has 0 saturated carbocycles. The number of fused-ring (bicyclic) bond motifs is 7. The Morgan fingerprint density at radius 3 is 1.61 bits per heavy atom. The number of pyridine rings is 2. The zero-order chi connectivity index (χ0) is 47.1. The predicted molar refractivity (Wildman–Crippen MR) is 285 cm³/mol. The largest absolute Gasteiger partial charge is 0.424 e. The number of hydrogen-bond donors (Lipinski definition) is 0. The normalized spacial score (nSPS) is 11.4. The summed E-state index contributed by atoms with van der Waals surface area (Å²) in [7, 11) is 0. The van der Waals surface area contributed by atoms with Crippen LogP contribution >= 0.6 is 0 Å². The summed E-state index contributed by atoms with van der Waals surface area (Å²) in [5.41, 5.74) is 11.3. The molecule has 0 bridgehead atoms. The van der Waals surface area contributed by atoms with Gasteiger partial charge in [-0.25, -0.2) is 4.98 Å². The topological polar surface area (TPSA) is 90.0 Å². The smallest absolute Gasteiger partial charge is 0.328 e. The van der Waals surface area contributed by atoms with Crippen LogP contribution in [-0.2, 0) is 0 Å². The van der Waals surface area contributed by atoms with Gasteiger partial charge in [0.25, 0.3) is 0 Å². The predicted octanol–water partition coefficient (Wildman–Crippen LogP) is 15.3. The standard InChI is InChI=1S/C61H41N9O/c1-4-18-44(19-5-1)67(45-20-6-2-7-21-45)59-64-60(70(46-22-8-3-9-23-46)56-28-14-15-40-63-56)66-61(65-59)71-49-35-33-48(34-36-49)69-53-26-12-10-24-50(53)51-37-38-55-57(58(51)69)52-25-11-13-27-54(52)68(55)47-31-29-42(30-32-47)43-17-16-39-62-41-43/h1-41H. The minimum absolute atomic E-state index is 0.117. The molecule has 0 fully saturated rings. The summed E-state index contributed by atoms with van der Waals surface area (Å²) in [4.78, 5) is 28.2. The van der Waals surface area contributed by atoms with Gasteiger partial charge in [0.1, 0.15) is 11.6 Å². The summed E-state index contributed by atoms with van der Waals surface area (Å²) in [6.45, 7) is 0. The van der Waals surface area contributed by atoms with Gasteiger partial charge in [0.2, 0.25) is 11.9 Å². The first kappa shape index (κ1) is 41.3. The van der Waals surface area contributed by atoms with Crippen LogP contribution in [0.25, 0.3) is 66.1 Å². The summed E-state index contributed by atoms with van der Waals surface area (Å²) >= 11 is 0. The molecular weight excluding hydrogens is 875 g/mol. The fraction of sp³-hybridized carbons (Fsp3) is 0. The number of rotatable bonds is 11. The lowest BCUT2D eigenvalue weighted by Gasteiger charge is -2.26. The second-order valence-corrected chi connectivity index (χ2v) is 17.0. The molecule has 10 heteroatoms. The van der Waals surface area contributed by atoms with Crippen LogP contribution < -0.4 is 14.5 Å². The summed E-state index contributed by atoms with van der Waals surface area (Å²) in [6.07, 6.45) is 5.47. The summed E-state index contributed by atoms with van der Waals surface area (Å²) in [5, 5.41) is 4.69.